The van der Waals surface area contributed by atoms with E-state index in [-0.39, 0.29) is 0 Å². The van der Waals surface area contributed by atoms with Crippen molar-refractivity contribution in [3.05, 3.63) is 81.7 Å². The van der Waals surface area contributed by atoms with Crippen molar-refractivity contribution in [1.29, 1.82) is 0 Å². The molecule has 4 heterocycles. The van der Waals surface area contributed by atoms with Gasteiger partial charge in [-0.2, -0.15) is 19.2 Å². The van der Waals surface area contributed by atoms with Gasteiger partial charge >= 0.3 is 0 Å². The van der Waals surface area contributed by atoms with Crippen LogP contribution in [0.25, 0.3) is 53.8 Å². The highest BCUT2D eigenvalue weighted by Gasteiger charge is 2.17. The minimum atomic E-state index is 0.714. The summed E-state index contributed by atoms with van der Waals surface area (Å²) < 4.78 is 5.55. The zero-order valence-corrected chi connectivity index (χ0v) is 22.9. The summed E-state index contributed by atoms with van der Waals surface area (Å²) in [6.07, 6.45) is 0. The molecular formula is C24H12Br2N8S2. The maximum Gasteiger partial charge on any atom is 0.235 e. The summed E-state index contributed by atoms with van der Waals surface area (Å²) in [5.74, 6) is 1.43. The van der Waals surface area contributed by atoms with Crippen molar-refractivity contribution in [2.75, 3.05) is 0 Å². The lowest BCUT2D eigenvalue weighted by molar-refractivity contribution is 0.969. The Bertz CT molecular complexity index is 1750. The summed E-state index contributed by atoms with van der Waals surface area (Å²) in [5.41, 5.74) is 3.92. The average Bonchev–Trinajstić information content (AvgIpc) is 3.64. The van der Waals surface area contributed by atoms with Crippen LogP contribution in [0.5, 0.6) is 0 Å². The average molecular weight is 636 g/mol. The van der Waals surface area contributed by atoms with Crippen LogP contribution in [0.1, 0.15) is 0 Å². The van der Waals surface area contributed by atoms with Gasteiger partial charge in [0.25, 0.3) is 0 Å². The molecule has 4 aromatic heterocycles. The number of benzene rings is 3. The van der Waals surface area contributed by atoms with Gasteiger partial charge in [0.2, 0.25) is 9.92 Å². The maximum absolute atomic E-state index is 4.79. The van der Waals surface area contributed by atoms with Crippen LogP contribution < -0.4 is 0 Å². The Balaban J connectivity index is 1.21. The third-order valence-electron chi connectivity index (χ3n) is 5.53. The van der Waals surface area contributed by atoms with Crippen LogP contribution in [0.3, 0.4) is 0 Å². The predicted molar refractivity (Wildman–Crippen MR) is 148 cm³/mol. The van der Waals surface area contributed by atoms with Crippen LogP contribution in [-0.2, 0) is 0 Å². The molecule has 0 radical (unpaired) electrons. The van der Waals surface area contributed by atoms with Gasteiger partial charge < -0.3 is 0 Å². The normalized spacial score (nSPS) is 11.6. The van der Waals surface area contributed by atoms with Crippen molar-refractivity contribution in [3.63, 3.8) is 0 Å². The van der Waals surface area contributed by atoms with Crippen molar-refractivity contribution in [2.45, 2.75) is 0 Å². The molecule has 0 spiro atoms. The quantitative estimate of drug-likeness (QED) is 0.210. The van der Waals surface area contributed by atoms with E-state index >= 15 is 0 Å². The Kier molecular flexibility index (Phi) is 5.27. The number of fused-ring (bicyclic) bond motifs is 2. The van der Waals surface area contributed by atoms with E-state index < -0.39 is 0 Å². The Labute approximate surface area is 228 Å². The lowest BCUT2D eigenvalue weighted by Crippen LogP contribution is -1.91. The van der Waals surface area contributed by atoms with E-state index in [0.717, 1.165) is 51.1 Å². The third-order valence-corrected chi connectivity index (χ3v) is 8.41. The molecule has 0 aliphatic rings. The first-order valence-electron chi connectivity index (χ1n) is 10.7. The monoisotopic (exact) mass is 634 g/mol. The standard InChI is InChI=1S/C24H12Br2N8S2/c25-17-5-1-3-15(11-17)19-27-29-23-33(19)31-21(35-23)13-7-9-14(10-8-13)22-32-34-20(28-30-24(34)36-22)16-4-2-6-18(26)12-16/h1-12H. The van der Waals surface area contributed by atoms with Gasteiger partial charge in [-0.25, -0.2) is 0 Å². The molecule has 0 amide bonds. The molecule has 0 saturated heterocycles. The van der Waals surface area contributed by atoms with Crippen molar-refractivity contribution in [1.82, 2.24) is 39.6 Å². The fourth-order valence-corrected chi connectivity index (χ4v) is 6.33. The maximum atomic E-state index is 4.79. The zero-order chi connectivity index (χ0) is 24.2. The van der Waals surface area contributed by atoms with Crippen molar-refractivity contribution in [3.8, 4) is 43.9 Å². The van der Waals surface area contributed by atoms with Crippen LogP contribution in [0.2, 0.25) is 0 Å². The first-order chi connectivity index (χ1) is 17.6. The minimum absolute atomic E-state index is 0.714. The molecule has 0 N–H and O–H groups in total. The summed E-state index contributed by atoms with van der Waals surface area (Å²) in [6.45, 7) is 0. The molecule has 8 nitrogen and oxygen atoms in total. The van der Waals surface area contributed by atoms with E-state index in [4.69, 9.17) is 10.2 Å². The highest BCUT2D eigenvalue weighted by atomic mass is 79.9. The lowest BCUT2D eigenvalue weighted by atomic mass is 10.1. The Morgan fingerprint density at radius 1 is 0.528 bits per heavy atom. The summed E-state index contributed by atoms with van der Waals surface area (Å²) in [6, 6.07) is 24.1. The van der Waals surface area contributed by atoms with Crippen LogP contribution in [-0.4, -0.2) is 39.6 Å². The first kappa shape index (κ1) is 21.9. The summed E-state index contributed by atoms with van der Waals surface area (Å²) in [7, 11) is 0. The van der Waals surface area contributed by atoms with Crippen LogP contribution in [0, 0.1) is 0 Å². The van der Waals surface area contributed by atoms with Crippen molar-refractivity contribution >= 4 is 64.5 Å². The van der Waals surface area contributed by atoms with E-state index in [9.17, 15) is 0 Å². The second-order valence-corrected chi connectivity index (χ2v) is 11.6. The van der Waals surface area contributed by atoms with Crippen LogP contribution >= 0.6 is 54.5 Å². The number of hydrogen-bond acceptors (Lipinski definition) is 8. The van der Waals surface area contributed by atoms with Crippen molar-refractivity contribution < 1.29 is 0 Å². The van der Waals surface area contributed by atoms with E-state index in [1.54, 1.807) is 9.03 Å². The number of rotatable bonds is 4. The largest absolute Gasteiger partial charge is 0.235 e. The molecule has 0 saturated carbocycles. The molecule has 0 atom stereocenters. The number of nitrogens with zero attached hydrogens (tertiary/aromatic N) is 8. The summed E-state index contributed by atoms with van der Waals surface area (Å²) in [4.78, 5) is 1.50. The highest BCUT2D eigenvalue weighted by molar-refractivity contribution is 9.10. The van der Waals surface area contributed by atoms with Gasteiger partial charge in [-0.05, 0) is 24.3 Å². The van der Waals surface area contributed by atoms with E-state index in [0.29, 0.717) is 11.6 Å². The highest BCUT2D eigenvalue weighted by Crippen LogP contribution is 2.32. The van der Waals surface area contributed by atoms with Gasteiger partial charge in [0.15, 0.2) is 11.6 Å². The van der Waals surface area contributed by atoms with Crippen LogP contribution in [0.4, 0.5) is 0 Å². The van der Waals surface area contributed by atoms with Crippen LogP contribution in [0.15, 0.2) is 81.7 Å². The van der Waals surface area contributed by atoms with Gasteiger partial charge in [0.05, 0.1) is 0 Å². The fraction of sp³-hybridized carbons (Fsp3) is 0. The second kappa shape index (κ2) is 8.66. The molecule has 7 rings (SSSR count). The van der Waals surface area contributed by atoms with Gasteiger partial charge in [-0.15, -0.1) is 20.4 Å². The molecule has 36 heavy (non-hydrogen) atoms. The summed E-state index contributed by atoms with van der Waals surface area (Å²) in [5, 5.41) is 28.6. The Morgan fingerprint density at radius 2 is 0.972 bits per heavy atom. The van der Waals surface area contributed by atoms with Gasteiger partial charge in [-0.1, -0.05) is 103 Å². The van der Waals surface area contributed by atoms with E-state index in [1.165, 1.54) is 22.7 Å². The number of hydrogen-bond donors (Lipinski definition) is 0. The predicted octanol–water partition coefficient (Wildman–Crippen LogP) is 6.88. The molecule has 0 fully saturated rings. The van der Waals surface area contributed by atoms with E-state index in [2.05, 4.69) is 76.5 Å². The number of halogens is 2. The smallest absolute Gasteiger partial charge is 0.182 e. The lowest BCUT2D eigenvalue weighted by Gasteiger charge is -2.00. The SMILES string of the molecule is Brc1cccc(-c2nnc3sc(-c4ccc(-c5nn6c(-c7cccc(Br)c7)nnc6s5)cc4)nn23)c1. The van der Waals surface area contributed by atoms with Gasteiger partial charge in [0, 0.05) is 31.2 Å². The van der Waals surface area contributed by atoms with Gasteiger partial charge in [-0.3, -0.25) is 0 Å². The first-order valence-corrected chi connectivity index (χ1v) is 13.9. The number of aromatic nitrogens is 8. The Hall–Kier alpha value is -3.32. The molecule has 7 aromatic rings. The minimum Gasteiger partial charge on any atom is -0.182 e. The second-order valence-electron chi connectivity index (χ2n) is 7.85. The molecule has 12 heteroatoms. The topological polar surface area (TPSA) is 86.2 Å². The Morgan fingerprint density at radius 3 is 1.39 bits per heavy atom. The molecule has 174 valence electrons. The molecule has 3 aromatic carbocycles. The zero-order valence-electron chi connectivity index (χ0n) is 18.1. The van der Waals surface area contributed by atoms with E-state index in [1.807, 2.05) is 48.5 Å². The molecule has 0 unspecified atom stereocenters. The summed E-state index contributed by atoms with van der Waals surface area (Å²) >= 11 is 10.0. The molecule has 0 aliphatic heterocycles. The fourth-order valence-electron chi connectivity index (χ4n) is 3.84. The molecule has 0 bridgehead atoms. The van der Waals surface area contributed by atoms with Crippen molar-refractivity contribution in [2.24, 2.45) is 0 Å². The van der Waals surface area contributed by atoms with Gasteiger partial charge in [0.1, 0.15) is 10.0 Å². The molecule has 0 aliphatic carbocycles. The third kappa shape index (κ3) is 3.77. The molecular weight excluding hydrogens is 624 g/mol.